The molecule has 10 heavy (non-hydrogen) atoms. The molecule has 0 bridgehead atoms. The molecule has 1 heterocycles. The molecular formula is C8H19NO. The van der Waals surface area contributed by atoms with E-state index in [1.165, 1.54) is 25.9 Å². The van der Waals surface area contributed by atoms with E-state index >= 15 is 0 Å². The molecule has 0 aromatic rings. The lowest BCUT2D eigenvalue weighted by Crippen LogP contribution is -2.23. The van der Waals surface area contributed by atoms with Crippen LogP contribution in [0, 0.1) is 0 Å². The molecule has 62 valence electrons. The zero-order chi connectivity index (χ0) is 6.53. The molecule has 1 aliphatic rings. The fourth-order valence-electron chi connectivity index (χ4n) is 1.23. The van der Waals surface area contributed by atoms with E-state index in [-0.39, 0.29) is 7.43 Å². The van der Waals surface area contributed by atoms with E-state index in [4.69, 9.17) is 4.74 Å². The van der Waals surface area contributed by atoms with Crippen LogP contribution in [0.5, 0.6) is 0 Å². The first-order chi connectivity index (χ1) is 4.43. The van der Waals surface area contributed by atoms with Crippen LogP contribution in [0.15, 0.2) is 0 Å². The number of hydrogen-bond donors (Lipinski definition) is 0. The number of hydrogen-bond acceptors (Lipinski definition) is 2. The van der Waals surface area contributed by atoms with Gasteiger partial charge in [0.2, 0.25) is 0 Å². The molecule has 2 nitrogen and oxygen atoms in total. The Labute approximate surface area is 64.2 Å². The fraction of sp³-hybridized carbons (Fsp3) is 1.00. The number of methoxy groups -OCH3 is 1. The summed E-state index contributed by atoms with van der Waals surface area (Å²) in [5.74, 6) is 0. The van der Waals surface area contributed by atoms with E-state index in [2.05, 4.69) is 4.90 Å². The maximum Gasteiger partial charge on any atom is 0.0589 e. The van der Waals surface area contributed by atoms with Crippen LogP contribution in [0.1, 0.15) is 20.3 Å². The Hall–Kier alpha value is -0.0800. The molecule has 2 heteroatoms. The van der Waals surface area contributed by atoms with Crippen LogP contribution in [-0.4, -0.2) is 38.3 Å². The van der Waals surface area contributed by atoms with E-state index in [1.54, 1.807) is 7.11 Å². The third-order valence-electron chi connectivity index (χ3n) is 1.81. The van der Waals surface area contributed by atoms with Crippen molar-refractivity contribution in [2.75, 3.05) is 33.4 Å². The summed E-state index contributed by atoms with van der Waals surface area (Å²) in [4.78, 5) is 2.45. The van der Waals surface area contributed by atoms with Crippen molar-refractivity contribution < 1.29 is 4.74 Å². The predicted octanol–water partition coefficient (Wildman–Crippen LogP) is 1.36. The van der Waals surface area contributed by atoms with Crippen LogP contribution in [0.4, 0.5) is 0 Å². The summed E-state index contributed by atoms with van der Waals surface area (Å²) in [6.45, 7) is 4.57. The quantitative estimate of drug-likeness (QED) is 0.594. The van der Waals surface area contributed by atoms with Gasteiger partial charge in [-0.2, -0.15) is 0 Å². The molecule has 1 fully saturated rings. The molecule has 0 unspecified atom stereocenters. The van der Waals surface area contributed by atoms with Gasteiger partial charge in [-0.05, 0) is 25.9 Å². The average molecular weight is 145 g/mol. The molecule has 0 aromatic heterocycles. The van der Waals surface area contributed by atoms with Gasteiger partial charge >= 0.3 is 0 Å². The van der Waals surface area contributed by atoms with Gasteiger partial charge in [0.15, 0.2) is 0 Å². The zero-order valence-electron chi connectivity index (χ0n) is 6.10. The van der Waals surface area contributed by atoms with Gasteiger partial charge in [-0.15, -0.1) is 0 Å². The summed E-state index contributed by atoms with van der Waals surface area (Å²) in [7, 11) is 1.76. The summed E-state index contributed by atoms with van der Waals surface area (Å²) < 4.78 is 4.96. The normalized spacial score (nSPS) is 18.9. The van der Waals surface area contributed by atoms with Crippen molar-refractivity contribution in [1.29, 1.82) is 0 Å². The minimum Gasteiger partial charge on any atom is -0.383 e. The largest absolute Gasteiger partial charge is 0.383 e. The summed E-state index contributed by atoms with van der Waals surface area (Å²) in [6, 6.07) is 0. The SMILES string of the molecule is C.COCCN1CCCC1. The van der Waals surface area contributed by atoms with Gasteiger partial charge in [-0.3, -0.25) is 0 Å². The maximum atomic E-state index is 4.96. The number of rotatable bonds is 3. The number of ether oxygens (including phenoxy) is 1. The first-order valence-corrected chi connectivity index (χ1v) is 3.65. The van der Waals surface area contributed by atoms with Crippen LogP contribution in [0.3, 0.4) is 0 Å². The standard InChI is InChI=1S/C7H15NO.CH4/c1-9-7-6-8-4-2-3-5-8;/h2-7H2,1H3;1H4. The third kappa shape index (κ3) is 3.18. The first-order valence-electron chi connectivity index (χ1n) is 3.65. The zero-order valence-corrected chi connectivity index (χ0v) is 6.10. The molecule has 0 saturated carbocycles. The Morgan fingerprint density at radius 2 is 1.90 bits per heavy atom. The van der Waals surface area contributed by atoms with Crippen LogP contribution in [-0.2, 0) is 4.74 Å². The molecule has 0 aliphatic carbocycles. The lowest BCUT2D eigenvalue weighted by Gasteiger charge is -2.12. The highest BCUT2D eigenvalue weighted by molar-refractivity contribution is 4.64. The van der Waals surface area contributed by atoms with Crippen molar-refractivity contribution in [3.05, 3.63) is 0 Å². The number of nitrogens with zero attached hydrogens (tertiary/aromatic N) is 1. The summed E-state index contributed by atoms with van der Waals surface area (Å²) in [5, 5.41) is 0. The number of likely N-dealkylation sites (tertiary alicyclic amines) is 1. The van der Waals surface area contributed by atoms with Crippen molar-refractivity contribution in [2.45, 2.75) is 20.3 Å². The van der Waals surface area contributed by atoms with Crippen molar-refractivity contribution in [3.8, 4) is 0 Å². The van der Waals surface area contributed by atoms with Gasteiger partial charge in [-0.1, -0.05) is 7.43 Å². The van der Waals surface area contributed by atoms with Crippen molar-refractivity contribution in [3.63, 3.8) is 0 Å². The van der Waals surface area contributed by atoms with E-state index in [0.717, 1.165) is 13.2 Å². The average Bonchev–Trinajstić information content (AvgIpc) is 2.34. The Balaban J connectivity index is 0.000000810. The third-order valence-corrected chi connectivity index (χ3v) is 1.81. The topological polar surface area (TPSA) is 12.5 Å². The molecule has 1 saturated heterocycles. The Kier molecular flexibility index (Phi) is 5.64. The highest BCUT2D eigenvalue weighted by atomic mass is 16.5. The highest BCUT2D eigenvalue weighted by Gasteiger charge is 2.09. The summed E-state index contributed by atoms with van der Waals surface area (Å²) >= 11 is 0. The molecule has 0 N–H and O–H groups in total. The second-order valence-corrected chi connectivity index (χ2v) is 2.54. The van der Waals surface area contributed by atoms with Gasteiger partial charge < -0.3 is 9.64 Å². The van der Waals surface area contributed by atoms with E-state index < -0.39 is 0 Å². The molecule has 1 aliphatic heterocycles. The second-order valence-electron chi connectivity index (χ2n) is 2.54. The fourth-order valence-corrected chi connectivity index (χ4v) is 1.23. The lowest BCUT2D eigenvalue weighted by atomic mass is 10.4. The molecular weight excluding hydrogens is 126 g/mol. The maximum absolute atomic E-state index is 4.96. The van der Waals surface area contributed by atoms with E-state index in [9.17, 15) is 0 Å². The predicted molar refractivity (Wildman–Crippen MR) is 44.3 cm³/mol. The summed E-state index contributed by atoms with van der Waals surface area (Å²) in [6.07, 6.45) is 2.76. The molecule has 0 radical (unpaired) electrons. The monoisotopic (exact) mass is 145 g/mol. The Morgan fingerprint density at radius 1 is 1.30 bits per heavy atom. The molecule has 0 amide bonds. The minimum absolute atomic E-state index is 0. The summed E-state index contributed by atoms with van der Waals surface area (Å²) in [5.41, 5.74) is 0. The van der Waals surface area contributed by atoms with Crippen molar-refractivity contribution in [2.24, 2.45) is 0 Å². The molecule has 0 spiro atoms. The van der Waals surface area contributed by atoms with Gasteiger partial charge in [0, 0.05) is 13.7 Å². The smallest absolute Gasteiger partial charge is 0.0589 e. The Bertz CT molecular complexity index is 69.7. The van der Waals surface area contributed by atoms with E-state index in [0.29, 0.717) is 0 Å². The van der Waals surface area contributed by atoms with Crippen molar-refractivity contribution in [1.82, 2.24) is 4.90 Å². The van der Waals surface area contributed by atoms with Crippen molar-refractivity contribution >= 4 is 0 Å². The van der Waals surface area contributed by atoms with Gasteiger partial charge in [0.05, 0.1) is 6.61 Å². The molecule has 0 aromatic carbocycles. The highest BCUT2D eigenvalue weighted by Crippen LogP contribution is 2.05. The minimum atomic E-state index is 0. The van der Waals surface area contributed by atoms with E-state index in [1.807, 2.05) is 0 Å². The van der Waals surface area contributed by atoms with Gasteiger partial charge in [0.1, 0.15) is 0 Å². The van der Waals surface area contributed by atoms with Gasteiger partial charge in [-0.25, -0.2) is 0 Å². The second kappa shape index (κ2) is 5.69. The first kappa shape index (κ1) is 9.92. The van der Waals surface area contributed by atoms with Crippen LogP contribution in [0.2, 0.25) is 0 Å². The Morgan fingerprint density at radius 3 is 2.40 bits per heavy atom. The van der Waals surface area contributed by atoms with Gasteiger partial charge in [0.25, 0.3) is 0 Å². The van der Waals surface area contributed by atoms with Crippen LogP contribution >= 0.6 is 0 Å². The van der Waals surface area contributed by atoms with Crippen LogP contribution in [0.25, 0.3) is 0 Å². The molecule has 0 atom stereocenters. The van der Waals surface area contributed by atoms with Crippen LogP contribution < -0.4 is 0 Å². The molecule has 1 rings (SSSR count). The lowest BCUT2D eigenvalue weighted by molar-refractivity contribution is 0.161.